The van der Waals surface area contributed by atoms with Crippen molar-refractivity contribution in [2.45, 2.75) is 183 Å². The van der Waals surface area contributed by atoms with E-state index < -0.39 is 138 Å². The molecular weight excluding hydrogens is 1240 g/mol. The molecule has 2 rings (SSSR count). The van der Waals surface area contributed by atoms with Crippen LogP contribution in [-0.4, -0.2) is 163 Å². The highest BCUT2D eigenvalue weighted by atomic mass is 79.9. The Morgan fingerprint density at radius 2 is 0.690 bits per heavy atom. The van der Waals surface area contributed by atoms with E-state index in [2.05, 4.69) is 72.2 Å². The van der Waals surface area contributed by atoms with Crippen LogP contribution in [0.4, 0.5) is 0 Å². The zero-order chi connectivity index (χ0) is 66.8. The summed E-state index contributed by atoms with van der Waals surface area (Å²) in [7, 11) is -2.63. The molecular formula is C60H81BrO24Si2. The van der Waals surface area contributed by atoms with Crippen molar-refractivity contribution in [3.05, 3.63) is 58.6 Å². The topological polar surface area (TPSA) is 316 Å². The van der Waals surface area contributed by atoms with Crippen molar-refractivity contribution in [3.63, 3.8) is 0 Å². The summed E-state index contributed by atoms with van der Waals surface area (Å²) in [6.45, 7) is 21.9. The minimum Gasteiger partial charge on any atom is -0.486 e. The normalized spacial score (nSPS) is 13.3. The zero-order valence-corrected chi connectivity index (χ0v) is 55.7. The first-order valence-corrected chi connectivity index (χ1v) is 34.9. The molecule has 0 aliphatic heterocycles. The van der Waals surface area contributed by atoms with Crippen LogP contribution in [-0.2, 0) is 105 Å². The summed E-state index contributed by atoms with van der Waals surface area (Å²) in [4.78, 5) is 144. The summed E-state index contributed by atoms with van der Waals surface area (Å²) < 4.78 is 64.2. The Morgan fingerprint density at radius 3 is 0.954 bits per heavy atom. The minimum atomic E-state index is -1.57. The Labute approximate surface area is 518 Å². The van der Waals surface area contributed by atoms with Crippen LogP contribution in [0.1, 0.15) is 100 Å². The first kappa shape index (κ1) is 79.1. The molecule has 2 aromatic rings. The molecule has 24 nitrogen and oxygen atoms in total. The van der Waals surface area contributed by atoms with Gasteiger partial charge in [-0.15, -0.1) is 17.5 Å². The monoisotopic (exact) mass is 1320 g/mol. The van der Waals surface area contributed by atoms with Crippen LogP contribution in [0.25, 0.3) is 0 Å². The number of Topliss-reactive ketones (excluding diaryl/α,β-unsaturated/α-hetero) is 2. The van der Waals surface area contributed by atoms with Crippen molar-refractivity contribution in [1.29, 1.82) is 0 Å². The van der Waals surface area contributed by atoms with Gasteiger partial charge in [0.1, 0.15) is 66.3 Å². The molecule has 27 heteroatoms. The van der Waals surface area contributed by atoms with Gasteiger partial charge in [-0.05, 0) is 61.4 Å². The van der Waals surface area contributed by atoms with E-state index in [0.717, 1.165) is 79.3 Å². The molecule has 87 heavy (non-hydrogen) atoms. The fraction of sp³-hybridized carbons (Fsp3) is 0.533. The van der Waals surface area contributed by atoms with E-state index in [0.29, 0.717) is 11.5 Å². The summed E-state index contributed by atoms with van der Waals surface area (Å²) in [5.74, 6) is -4.74. The molecule has 2 aromatic carbocycles. The molecule has 0 aliphatic carbocycles. The summed E-state index contributed by atoms with van der Waals surface area (Å²) in [6.07, 6.45) is -7.30. The first-order valence-electron chi connectivity index (χ1n) is 27.1. The molecule has 0 amide bonds. The quantitative estimate of drug-likeness (QED) is 0.0332. The average Bonchev–Trinajstić information content (AvgIpc) is 2.99. The zero-order valence-electron chi connectivity index (χ0n) is 52.1. The predicted molar refractivity (Wildman–Crippen MR) is 320 cm³/mol. The molecule has 0 aromatic heterocycles. The number of hydrogen-bond acceptors (Lipinski definition) is 24. The van der Waals surface area contributed by atoms with E-state index in [9.17, 15) is 57.5 Å². The van der Waals surface area contributed by atoms with Crippen LogP contribution in [0.2, 0.25) is 39.3 Å². The number of halogens is 1. The van der Waals surface area contributed by atoms with Gasteiger partial charge in [0.25, 0.3) is 0 Å². The van der Waals surface area contributed by atoms with Gasteiger partial charge in [0.05, 0.1) is 0 Å². The van der Waals surface area contributed by atoms with E-state index in [4.69, 9.17) is 63.3 Å². The first-order chi connectivity index (χ1) is 40.3. The lowest BCUT2D eigenvalue weighted by Crippen LogP contribution is -2.53. The number of hydrogen-bond donors (Lipinski definition) is 0. The molecule has 0 N–H and O–H groups in total. The Hall–Kier alpha value is -7.89. The van der Waals surface area contributed by atoms with Crippen LogP contribution in [0.3, 0.4) is 0 Å². The highest BCUT2D eigenvalue weighted by molar-refractivity contribution is 9.10. The van der Waals surface area contributed by atoms with Gasteiger partial charge in [0.15, 0.2) is 48.2 Å². The van der Waals surface area contributed by atoms with Crippen LogP contribution in [0.15, 0.2) is 53.0 Å². The lowest BCUT2D eigenvalue weighted by molar-refractivity contribution is -0.203. The Morgan fingerprint density at radius 1 is 0.414 bits per heavy atom. The smallest absolute Gasteiger partial charge is 0.303 e. The fourth-order valence-electron chi connectivity index (χ4n) is 6.91. The molecule has 0 saturated heterocycles. The highest BCUT2D eigenvalue weighted by Gasteiger charge is 2.45. The molecule has 0 heterocycles. The molecule has 0 bridgehead atoms. The summed E-state index contributed by atoms with van der Waals surface area (Å²) in [5.41, 5.74) is 6.84. The van der Waals surface area contributed by atoms with E-state index >= 15 is 0 Å². The number of carbonyl (C=O) groups is 12. The molecule has 0 radical (unpaired) electrons. The van der Waals surface area contributed by atoms with Crippen molar-refractivity contribution in [1.82, 2.24) is 0 Å². The lowest BCUT2D eigenvalue weighted by Gasteiger charge is -2.35. The summed E-state index contributed by atoms with van der Waals surface area (Å²) >= 11 is 3.30. The largest absolute Gasteiger partial charge is 0.486 e. The van der Waals surface area contributed by atoms with Gasteiger partial charge < -0.3 is 56.8 Å². The van der Waals surface area contributed by atoms with Crippen molar-refractivity contribution < 1.29 is 114 Å². The van der Waals surface area contributed by atoms with Crippen LogP contribution >= 0.6 is 15.9 Å². The van der Waals surface area contributed by atoms with Crippen molar-refractivity contribution in [3.8, 4) is 34.9 Å². The second kappa shape index (κ2) is 40.5. The molecule has 0 fully saturated rings. The van der Waals surface area contributed by atoms with Gasteiger partial charge >= 0.3 is 59.7 Å². The Balaban J connectivity index is 0.00000156. The van der Waals surface area contributed by atoms with Crippen molar-refractivity contribution in [2.75, 3.05) is 26.4 Å². The number of esters is 10. The second-order valence-electron chi connectivity index (χ2n) is 21.1. The standard InChI is InChI=1S/C30H40O12Si.C25H31BrO12.C5H10Si/c1-19(31)37-18-28(40-21(3)33)30(42-23(5)35)29(41-22(4)34)27(39-20(2)32)14-11-25(36)17-38-26-12-9-24(10-13-26)15-16-43(6,7)8;1-14(27)33-13-23(36-16(3)29)25(38-18(5)31)24(37-17(4)30)22(35-15(2)28)11-8-20(32)12-34-21-9-6-19(26)7-10-21;1-5-6(2,3)4/h9-10,12-13,27-30H,11,14,17-18H2,1-8H3;6-7,9-10,22-25H,8,11-13H2,1-5H3;1H,2-4H3/t27-,28+,29+,30+;22-,23+,24+,25+;/m11./s1. The van der Waals surface area contributed by atoms with Gasteiger partial charge in [-0.1, -0.05) is 61.1 Å². The van der Waals surface area contributed by atoms with Crippen LogP contribution < -0.4 is 9.47 Å². The van der Waals surface area contributed by atoms with Gasteiger partial charge in [0.2, 0.25) is 0 Å². The van der Waals surface area contributed by atoms with Crippen LogP contribution in [0, 0.1) is 23.4 Å². The number of carbonyl (C=O) groups excluding carboxylic acids is 12. The van der Waals surface area contributed by atoms with Crippen molar-refractivity contribution >= 4 is 103 Å². The number of terminal acetylenes is 1. The molecule has 0 saturated carbocycles. The number of benzene rings is 2. The molecule has 0 aliphatic rings. The molecule has 8 atom stereocenters. The molecule has 480 valence electrons. The second-order valence-corrected chi connectivity index (χ2v) is 31.6. The number of ketones is 2. The van der Waals surface area contributed by atoms with E-state index in [1.165, 1.54) is 0 Å². The summed E-state index contributed by atoms with van der Waals surface area (Å²) in [6, 6.07) is 13.8. The third kappa shape index (κ3) is 39.4. The SMILES string of the molecule is C#C[Si](C)(C)C.CC(=O)OC[C@H](OC(C)=O)[C@H](OC(C)=O)[C@@H](OC(C)=O)[C@@H](CCC(=O)COc1ccc(Br)cc1)OC(C)=O.CC(=O)OC[C@H](OC(C)=O)[C@H](OC(C)=O)[C@@H](OC(C)=O)[C@@H](CCC(=O)COc1ccc(C#C[Si](C)(C)C)cc1)OC(C)=O. The maximum absolute atomic E-state index is 12.7. The maximum Gasteiger partial charge on any atom is 0.303 e. The van der Waals surface area contributed by atoms with Crippen LogP contribution in [0.5, 0.6) is 11.5 Å². The average molecular weight is 1320 g/mol. The highest BCUT2D eigenvalue weighted by Crippen LogP contribution is 2.26. The van der Waals surface area contributed by atoms with Gasteiger partial charge in [-0.25, -0.2) is 0 Å². The predicted octanol–water partition coefficient (Wildman–Crippen LogP) is 6.90. The third-order valence-electron chi connectivity index (χ3n) is 10.4. The van der Waals surface area contributed by atoms with E-state index in [-0.39, 0.29) is 50.5 Å². The Bertz CT molecular complexity index is 2750. The molecule has 0 spiro atoms. The van der Waals surface area contributed by atoms with E-state index in [1.54, 1.807) is 48.5 Å². The lowest BCUT2D eigenvalue weighted by atomic mass is 9.97. The van der Waals surface area contributed by atoms with Gasteiger partial charge in [-0.2, -0.15) is 0 Å². The van der Waals surface area contributed by atoms with E-state index in [1.807, 2.05) is 0 Å². The Kier molecular flexibility index (Phi) is 36.8. The summed E-state index contributed by atoms with van der Waals surface area (Å²) in [5, 5.41) is 0. The maximum atomic E-state index is 12.7. The number of ether oxygens (including phenoxy) is 12. The minimum absolute atomic E-state index is 0.168. The van der Waals surface area contributed by atoms with Gasteiger partial charge in [-0.3, -0.25) is 57.5 Å². The number of rotatable bonds is 30. The fourth-order valence-corrected chi connectivity index (χ4v) is 7.70. The van der Waals surface area contributed by atoms with Gasteiger partial charge in [0, 0.05) is 92.1 Å². The van der Waals surface area contributed by atoms with Crippen molar-refractivity contribution in [2.24, 2.45) is 0 Å². The molecule has 0 unspecified atom stereocenters. The third-order valence-corrected chi connectivity index (χ3v) is 12.7.